The highest BCUT2D eigenvalue weighted by atomic mass is 16.1. The van der Waals surface area contributed by atoms with Crippen molar-refractivity contribution >= 4 is 11.4 Å². The zero-order valence-corrected chi connectivity index (χ0v) is 12.0. The number of para-hydroxylation sites is 1. The van der Waals surface area contributed by atoms with Gasteiger partial charge >= 0.3 is 0 Å². The summed E-state index contributed by atoms with van der Waals surface area (Å²) in [6.07, 6.45) is 3.62. The van der Waals surface area contributed by atoms with Crippen molar-refractivity contribution in [2.45, 2.75) is 20.3 Å². The fraction of sp³-hybridized carbons (Fsp3) is 0.235. The molecule has 0 amide bonds. The first-order valence-corrected chi connectivity index (χ1v) is 6.82. The molecule has 104 valence electrons. The molecule has 1 aliphatic carbocycles. The van der Waals surface area contributed by atoms with E-state index in [0.717, 1.165) is 16.9 Å². The average molecular weight is 277 g/mol. The number of aromatic nitrogens is 2. The Hall–Kier alpha value is -2.67. The number of Topliss-reactive ketones (excluding diaryl/α,β-unsaturated/α-hetero) is 1. The van der Waals surface area contributed by atoms with Gasteiger partial charge in [0.1, 0.15) is 0 Å². The second kappa shape index (κ2) is 4.71. The summed E-state index contributed by atoms with van der Waals surface area (Å²) in [7, 11) is 0. The number of nitriles is 1. The summed E-state index contributed by atoms with van der Waals surface area (Å²) in [5.74, 6) is 0.00385. The quantitative estimate of drug-likeness (QED) is 0.595. The van der Waals surface area contributed by atoms with E-state index in [4.69, 9.17) is 5.26 Å². The number of benzene rings is 1. The van der Waals surface area contributed by atoms with Crippen LogP contribution in [0, 0.1) is 16.7 Å². The smallest absolute Gasteiger partial charge is 0.170 e. The summed E-state index contributed by atoms with van der Waals surface area (Å²) < 4.78 is 1.86. The van der Waals surface area contributed by atoms with E-state index >= 15 is 0 Å². The summed E-state index contributed by atoms with van der Waals surface area (Å²) in [6, 6.07) is 11.8. The monoisotopic (exact) mass is 277 g/mol. The molecule has 0 fully saturated rings. The Morgan fingerprint density at radius 1 is 1.33 bits per heavy atom. The van der Waals surface area contributed by atoms with E-state index < -0.39 is 5.41 Å². The first-order chi connectivity index (χ1) is 10.0. The number of carbonyl (C=O) groups excluding carboxylic acids is 1. The average Bonchev–Trinajstić information content (AvgIpc) is 2.87. The van der Waals surface area contributed by atoms with Gasteiger partial charge in [0.2, 0.25) is 0 Å². The van der Waals surface area contributed by atoms with E-state index in [9.17, 15) is 4.79 Å². The van der Waals surface area contributed by atoms with Gasteiger partial charge in [0, 0.05) is 29.0 Å². The minimum atomic E-state index is -0.526. The molecule has 2 aromatic rings. The van der Waals surface area contributed by atoms with Gasteiger partial charge in [-0.2, -0.15) is 10.4 Å². The van der Waals surface area contributed by atoms with Crippen LogP contribution in [0.3, 0.4) is 0 Å². The van der Waals surface area contributed by atoms with Crippen LogP contribution in [-0.2, 0) is 11.2 Å². The normalized spacial score (nSPS) is 18.3. The largest absolute Gasteiger partial charge is 0.294 e. The van der Waals surface area contributed by atoms with E-state index in [1.54, 1.807) is 6.20 Å². The van der Waals surface area contributed by atoms with Crippen molar-refractivity contribution in [3.8, 4) is 11.8 Å². The zero-order chi connectivity index (χ0) is 15.0. The molecule has 0 unspecified atom stereocenters. The zero-order valence-electron chi connectivity index (χ0n) is 12.0. The Labute approximate surface area is 123 Å². The second-order valence-electron chi connectivity index (χ2n) is 5.83. The second-order valence-corrected chi connectivity index (χ2v) is 5.83. The third-order valence-corrected chi connectivity index (χ3v) is 3.84. The molecule has 0 spiro atoms. The molecule has 1 heterocycles. The van der Waals surface area contributed by atoms with Gasteiger partial charge < -0.3 is 0 Å². The Morgan fingerprint density at radius 3 is 2.71 bits per heavy atom. The lowest BCUT2D eigenvalue weighted by Gasteiger charge is -2.29. The van der Waals surface area contributed by atoms with Crippen molar-refractivity contribution in [3.05, 3.63) is 53.9 Å². The lowest BCUT2D eigenvalue weighted by molar-refractivity contribution is -0.121. The van der Waals surface area contributed by atoms with Gasteiger partial charge in [-0.1, -0.05) is 32.0 Å². The molecule has 1 aliphatic rings. The van der Waals surface area contributed by atoms with Crippen molar-refractivity contribution in [1.82, 2.24) is 9.78 Å². The van der Waals surface area contributed by atoms with E-state index in [0.29, 0.717) is 12.0 Å². The summed E-state index contributed by atoms with van der Waals surface area (Å²) in [5, 5.41) is 13.4. The molecule has 0 radical (unpaired) electrons. The van der Waals surface area contributed by atoms with Crippen molar-refractivity contribution in [1.29, 1.82) is 5.26 Å². The van der Waals surface area contributed by atoms with E-state index in [1.165, 1.54) is 6.08 Å². The molecule has 0 atom stereocenters. The number of hydrogen-bond donors (Lipinski definition) is 0. The van der Waals surface area contributed by atoms with Gasteiger partial charge in [0.15, 0.2) is 5.78 Å². The molecule has 4 heteroatoms. The molecule has 0 saturated carbocycles. The van der Waals surface area contributed by atoms with Crippen molar-refractivity contribution in [3.63, 3.8) is 0 Å². The van der Waals surface area contributed by atoms with Gasteiger partial charge in [0.05, 0.1) is 23.6 Å². The van der Waals surface area contributed by atoms with Crippen LogP contribution in [0.2, 0.25) is 0 Å². The number of ketones is 1. The molecular formula is C17H15N3O. The number of carbonyl (C=O) groups is 1. The Bertz CT molecular complexity index is 776. The maximum absolute atomic E-state index is 12.5. The standard InChI is InChI=1S/C17H15N3O/c1-17(2)10-15-14(13(8-9-18)16(17)21)11-19-20(15)12-6-4-3-5-7-12/h3-8,11H,10H2,1-2H3. The number of nitrogens with zero attached hydrogens (tertiary/aromatic N) is 3. The molecule has 0 bridgehead atoms. The molecular weight excluding hydrogens is 262 g/mol. The molecule has 21 heavy (non-hydrogen) atoms. The first-order valence-electron chi connectivity index (χ1n) is 6.82. The summed E-state index contributed by atoms with van der Waals surface area (Å²) in [4.78, 5) is 12.5. The highest BCUT2D eigenvalue weighted by Crippen LogP contribution is 2.39. The van der Waals surface area contributed by atoms with E-state index in [-0.39, 0.29) is 5.78 Å². The number of allylic oxidation sites excluding steroid dienone is 2. The lowest BCUT2D eigenvalue weighted by Crippen LogP contribution is -2.33. The fourth-order valence-corrected chi connectivity index (χ4v) is 2.75. The summed E-state index contributed by atoms with van der Waals surface area (Å²) >= 11 is 0. The lowest BCUT2D eigenvalue weighted by atomic mass is 9.73. The number of hydrogen-bond acceptors (Lipinski definition) is 3. The third-order valence-electron chi connectivity index (χ3n) is 3.84. The Balaban J connectivity index is 2.22. The topological polar surface area (TPSA) is 58.7 Å². The molecule has 0 aliphatic heterocycles. The summed E-state index contributed by atoms with van der Waals surface area (Å²) in [6.45, 7) is 3.82. The predicted molar refractivity (Wildman–Crippen MR) is 79.6 cm³/mol. The van der Waals surface area contributed by atoms with Crippen LogP contribution >= 0.6 is 0 Å². The van der Waals surface area contributed by atoms with Crippen LogP contribution in [0.5, 0.6) is 0 Å². The minimum Gasteiger partial charge on any atom is -0.294 e. The van der Waals surface area contributed by atoms with E-state index in [2.05, 4.69) is 5.10 Å². The van der Waals surface area contributed by atoms with Crippen molar-refractivity contribution < 1.29 is 4.79 Å². The van der Waals surface area contributed by atoms with Gasteiger partial charge in [-0.05, 0) is 12.1 Å². The Kier molecular flexibility index (Phi) is 2.99. The number of fused-ring (bicyclic) bond motifs is 1. The van der Waals surface area contributed by atoms with Crippen LogP contribution < -0.4 is 0 Å². The van der Waals surface area contributed by atoms with Crippen LogP contribution in [0.1, 0.15) is 25.1 Å². The maximum Gasteiger partial charge on any atom is 0.170 e. The molecule has 1 aromatic carbocycles. The van der Waals surface area contributed by atoms with Crippen molar-refractivity contribution in [2.24, 2.45) is 5.41 Å². The van der Waals surface area contributed by atoms with Crippen LogP contribution in [-0.4, -0.2) is 15.6 Å². The van der Waals surface area contributed by atoms with Gasteiger partial charge in [-0.15, -0.1) is 0 Å². The highest BCUT2D eigenvalue weighted by Gasteiger charge is 2.39. The Morgan fingerprint density at radius 2 is 2.05 bits per heavy atom. The van der Waals surface area contributed by atoms with Gasteiger partial charge in [0.25, 0.3) is 0 Å². The molecule has 0 saturated heterocycles. The first kappa shape index (κ1) is 13.3. The molecule has 4 nitrogen and oxygen atoms in total. The fourth-order valence-electron chi connectivity index (χ4n) is 2.75. The maximum atomic E-state index is 12.5. The SMILES string of the molecule is CC1(C)Cc2c(cnn2-c2ccccc2)C(=CC#N)C1=O. The van der Waals surface area contributed by atoms with Gasteiger partial charge in [-0.3, -0.25) is 4.79 Å². The highest BCUT2D eigenvalue weighted by molar-refractivity contribution is 6.25. The molecule has 3 rings (SSSR count). The molecule has 1 aromatic heterocycles. The number of rotatable bonds is 1. The van der Waals surface area contributed by atoms with Crippen molar-refractivity contribution in [2.75, 3.05) is 0 Å². The van der Waals surface area contributed by atoms with Crippen LogP contribution in [0.15, 0.2) is 42.6 Å². The third kappa shape index (κ3) is 2.07. The van der Waals surface area contributed by atoms with Crippen LogP contribution in [0.25, 0.3) is 11.3 Å². The molecule has 0 N–H and O–H groups in total. The van der Waals surface area contributed by atoms with E-state index in [1.807, 2.05) is 54.9 Å². The summed E-state index contributed by atoms with van der Waals surface area (Å²) in [5.41, 5.74) is 2.64. The predicted octanol–water partition coefficient (Wildman–Crippen LogP) is 2.93. The van der Waals surface area contributed by atoms with Crippen LogP contribution in [0.4, 0.5) is 0 Å². The minimum absolute atomic E-state index is 0.00385. The van der Waals surface area contributed by atoms with Gasteiger partial charge in [-0.25, -0.2) is 4.68 Å².